The minimum Gasteiger partial charge on any atom is -0.380 e. The quantitative estimate of drug-likeness (QED) is 0.778. The van der Waals surface area contributed by atoms with Gasteiger partial charge in [0.1, 0.15) is 5.01 Å². The zero-order valence-electron chi connectivity index (χ0n) is 7.75. The number of nitrogens with zero attached hydrogens (tertiary/aromatic N) is 1. The molecule has 0 saturated carbocycles. The van der Waals surface area contributed by atoms with Crippen LogP contribution in [0.2, 0.25) is 0 Å². The van der Waals surface area contributed by atoms with Crippen molar-refractivity contribution >= 4 is 11.3 Å². The lowest BCUT2D eigenvalue weighted by molar-refractivity contribution is 0.181. The van der Waals surface area contributed by atoms with Gasteiger partial charge in [-0.05, 0) is 6.42 Å². The largest absolute Gasteiger partial charge is 0.380 e. The number of rotatable bonds is 2. The molecule has 13 heavy (non-hydrogen) atoms. The Balaban J connectivity index is 2.23. The van der Waals surface area contributed by atoms with Crippen molar-refractivity contribution in [3.8, 4) is 0 Å². The number of hydrogen-bond acceptors (Lipinski definition) is 4. The van der Waals surface area contributed by atoms with Crippen LogP contribution in [0.15, 0.2) is 6.20 Å². The van der Waals surface area contributed by atoms with Crippen molar-refractivity contribution in [2.24, 2.45) is 5.73 Å². The highest BCUT2D eigenvalue weighted by Crippen LogP contribution is 2.35. The molecule has 2 rings (SSSR count). The van der Waals surface area contributed by atoms with Gasteiger partial charge in [0, 0.05) is 29.6 Å². The lowest BCUT2D eigenvalue weighted by Gasteiger charge is -2.18. The predicted octanol–water partition coefficient (Wildman–Crippen LogP) is 1.28. The number of thiazole rings is 1. The maximum absolute atomic E-state index is 5.52. The van der Waals surface area contributed by atoms with E-state index < -0.39 is 0 Å². The molecule has 0 spiro atoms. The van der Waals surface area contributed by atoms with Crippen LogP contribution in [-0.2, 0) is 16.7 Å². The first-order chi connectivity index (χ1) is 6.24. The molecule has 0 aromatic carbocycles. The Hall–Kier alpha value is -0.450. The fourth-order valence-electron chi connectivity index (χ4n) is 1.55. The Morgan fingerprint density at radius 1 is 1.77 bits per heavy atom. The van der Waals surface area contributed by atoms with Gasteiger partial charge in [-0.2, -0.15) is 0 Å². The summed E-state index contributed by atoms with van der Waals surface area (Å²) >= 11 is 1.71. The van der Waals surface area contributed by atoms with Crippen LogP contribution in [0.25, 0.3) is 0 Å². The van der Waals surface area contributed by atoms with Crippen molar-refractivity contribution in [1.82, 2.24) is 4.98 Å². The average molecular weight is 198 g/mol. The van der Waals surface area contributed by atoms with E-state index >= 15 is 0 Å². The fraction of sp³-hybridized carbons (Fsp3) is 0.667. The van der Waals surface area contributed by atoms with Crippen LogP contribution < -0.4 is 5.73 Å². The van der Waals surface area contributed by atoms with E-state index in [9.17, 15) is 0 Å². The zero-order chi connectivity index (χ0) is 9.31. The Labute approximate surface area is 81.9 Å². The summed E-state index contributed by atoms with van der Waals surface area (Å²) in [6.07, 6.45) is 3.04. The molecule has 0 amide bonds. The molecule has 1 atom stereocenters. The summed E-state index contributed by atoms with van der Waals surface area (Å²) < 4.78 is 5.41. The summed E-state index contributed by atoms with van der Waals surface area (Å²) in [5.41, 5.74) is 5.71. The summed E-state index contributed by atoms with van der Waals surface area (Å²) in [7, 11) is 0. The van der Waals surface area contributed by atoms with Crippen molar-refractivity contribution in [1.29, 1.82) is 0 Å². The Bertz CT molecular complexity index is 292. The summed E-state index contributed by atoms with van der Waals surface area (Å²) in [6.45, 7) is 4.46. The van der Waals surface area contributed by atoms with Gasteiger partial charge in [-0.25, -0.2) is 4.98 Å². The first-order valence-electron chi connectivity index (χ1n) is 4.47. The van der Waals surface area contributed by atoms with E-state index in [0.29, 0.717) is 6.54 Å². The molecule has 1 unspecified atom stereocenters. The van der Waals surface area contributed by atoms with Gasteiger partial charge in [0.15, 0.2) is 0 Å². The van der Waals surface area contributed by atoms with Crippen LogP contribution in [-0.4, -0.2) is 18.2 Å². The normalized spacial score (nSPS) is 28.2. The van der Waals surface area contributed by atoms with Crippen LogP contribution in [0.1, 0.15) is 23.2 Å². The van der Waals surface area contributed by atoms with E-state index in [2.05, 4.69) is 11.9 Å². The van der Waals surface area contributed by atoms with Gasteiger partial charge in [-0.15, -0.1) is 11.3 Å². The third-order valence-corrected chi connectivity index (χ3v) is 3.87. The lowest BCUT2D eigenvalue weighted by atomic mass is 9.89. The van der Waals surface area contributed by atoms with Gasteiger partial charge in [-0.3, -0.25) is 0 Å². The van der Waals surface area contributed by atoms with Crippen molar-refractivity contribution in [3.63, 3.8) is 0 Å². The molecule has 2 N–H and O–H groups in total. The number of hydrogen-bond donors (Lipinski definition) is 1. The molecule has 1 aliphatic rings. The van der Waals surface area contributed by atoms with Crippen LogP contribution in [0.4, 0.5) is 0 Å². The molecule has 1 aromatic heterocycles. The van der Waals surface area contributed by atoms with E-state index in [1.54, 1.807) is 11.3 Å². The topological polar surface area (TPSA) is 48.1 Å². The molecule has 4 heteroatoms. The van der Waals surface area contributed by atoms with Crippen molar-refractivity contribution < 1.29 is 4.74 Å². The Morgan fingerprint density at radius 3 is 3.15 bits per heavy atom. The van der Waals surface area contributed by atoms with Gasteiger partial charge in [0.05, 0.1) is 6.61 Å². The standard InChI is InChI=1S/C9H14N2OS/c1-9(2-3-12-6-9)7-5-11-8(4-10)13-7/h5H,2-4,6,10H2,1H3. The minimum absolute atomic E-state index is 0.186. The summed E-state index contributed by atoms with van der Waals surface area (Å²) in [5, 5.41) is 1.02. The van der Waals surface area contributed by atoms with E-state index in [-0.39, 0.29) is 5.41 Å². The first kappa shape index (κ1) is 9.12. The molecular formula is C9H14N2OS. The van der Waals surface area contributed by atoms with E-state index in [1.807, 2.05) is 6.20 Å². The molecule has 0 aliphatic carbocycles. The first-order valence-corrected chi connectivity index (χ1v) is 5.29. The molecular weight excluding hydrogens is 184 g/mol. The van der Waals surface area contributed by atoms with Crippen LogP contribution in [0, 0.1) is 0 Å². The second-order valence-electron chi connectivity index (χ2n) is 3.69. The van der Waals surface area contributed by atoms with Crippen LogP contribution >= 0.6 is 11.3 Å². The summed E-state index contributed by atoms with van der Waals surface area (Å²) in [5.74, 6) is 0. The van der Waals surface area contributed by atoms with Gasteiger partial charge < -0.3 is 10.5 Å². The molecule has 0 radical (unpaired) electrons. The molecule has 3 nitrogen and oxygen atoms in total. The van der Waals surface area contributed by atoms with Crippen molar-refractivity contribution in [2.75, 3.05) is 13.2 Å². The zero-order valence-corrected chi connectivity index (χ0v) is 8.56. The maximum atomic E-state index is 5.52. The predicted molar refractivity (Wildman–Crippen MR) is 52.8 cm³/mol. The second-order valence-corrected chi connectivity index (χ2v) is 4.80. The van der Waals surface area contributed by atoms with E-state index in [4.69, 9.17) is 10.5 Å². The highest BCUT2D eigenvalue weighted by Gasteiger charge is 2.33. The van der Waals surface area contributed by atoms with Gasteiger partial charge >= 0.3 is 0 Å². The summed E-state index contributed by atoms with van der Waals surface area (Å²) in [4.78, 5) is 5.57. The highest BCUT2D eigenvalue weighted by molar-refractivity contribution is 7.11. The Kier molecular flexibility index (Phi) is 2.36. The lowest BCUT2D eigenvalue weighted by Crippen LogP contribution is -2.19. The van der Waals surface area contributed by atoms with Gasteiger partial charge in [-0.1, -0.05) is 6.92 Å². The third kappa shape index (κ3) is 1.61. The maximum Gasteiger partial charge on any atom is 0.106 e. The Morgan fingerprint density at radius 2 is 2.62 bits per heavy atom. The molecule has 1 aromatic rings. The van der Waals surface area contributed by atoms with Crippen LogP contribution in [0.3, 0.4) is 0 Å². The van der Waals surface area contributed by atoms with Gasteiger partial charge in [0.2, 0.25) is 0 Å². The molecule has 1 fully saturated rings. The molecule has 72 valence electrons. The minimum atomic E-state index is 0.186. The van der Waals surface area contributed by atoms with Gasteiger partial charge in [0.25, 0.3) is 0 Å². The third-order valence-electron chi connectivity index (χ3n) is 2.54. The monoisotopic (exact) mass is 198 g/mol. The van der Waals surface area contributed by atoms with Crippen molar-refractivity contribution in [2.45, 2.75) is 25.3 Å². The molecule has 2 heterocycles. The van der Waals surface area contributed by atoms with Crippen LogP contribution in [0.5, 0.6) is 0 Å². The highest BCUT2D eigenvalue weighted by atomic mass is 32.1. The smallest absolute Gasteiger partial charge is 0.106 e. The number of nitrogens with two attached hydrogens (primary N) is 1. The molecule has 0 bridgehead atoms. The molecule has 1 saturated heterocycles. The average Bonchev–Trinajstić information content (AvgIpc) is 2.72. The van der Waals surface area contributed by atoms with Crippen molar-refractivity contribution in [3.05, 3.63) is 16.1 Å². The SMILES string of the molecule is CC1(c2cnc(CN)s2)CCOC1. The number of aromatic nitrogens is 1. The second kappa shape index (κ2) is 3.36. The molecule has 1 aliphatic heterocycles. The number of ether oxygens (including phenoxy) is 1. The summed E-state index contributed by atoms with van der Waals surface area (Å²) in [6, 6.07) is 0. The van der Waals surface area contributed by atoms with E-state index in [0.717, 1.165) is 24.6 Å². The fourth-order valence-corrected chi connectivity index (χ4v) is 2.50. The van der Waals surface area contributed by atoms with E-state index in [1.165, 1.54) is 4.88 Å².